The van der Waals surface area contributed by atoms with Gasteiger partial charge in [0.15, 0.2) is 11.5 Å². The lowest BCUT2D eigenvalue weighted by Gasteiger charge is -2.30. The summed E-state index contributed by atoms with van der Waals surface area (Å²) in [6, 6.07) is 7.46. The molecule has 0 saturated heterocycles. The van der Waals surface area contributed by atoms with Crippen molar-refractivity contribution in [3.05, 3.63) is 45.6 Å². The molecule has 3 rings (SSSR count). The Bertz CT molecular complexity index is 896. The third-order valence-electron chi connectivity index (χ3n) is 4.98. The second-order valence-electron chi connectivity index (χ2n) is 7.52. The number of urea groups is 1. The molecule has 0 spiro atoms. The van der Waals surface area contributed by atoms with E-state index in [9.17, 15) is 9.59 Å². The fourth-order valence-corrected chi connectivity index (χ4v) is 4.14. The molecule has 0 unspecified atom stereocenters. The van der Waals surface area contributed by atoms with Crippen molar-refractivity contribution in [2.45, 2.75) is 46.8 Å². The third-order valence-corrected chi connectivity index (χ3v) is 5.99. The van der Waals surface area contributed by atoms with Crippen molar-refractivity contribution in [2.75, 3.05) is 19.9 Å². The fourth-order valence-electron chi connectivity index (χ4n) is 3.22. The Morgan fingerprint density at radius 2 is 1.93 bits per heavy atom. The van der Waals surface area contributed by atoms with E-state index in [0.29, 0.717) is 31.1 Å². The van der Waals surface area contributed by atoms with Crippen LogP contribution in [0.15, 0.2) is 29.6 Å². The summed E-state index contributed by atoms with van der Waals surface area (Å²) >= 11 is 1.63. The predicted molar refractivity (Wildman–Crippen MR) is 117 cm³/mol. The van der Waals surface area contributed by atoms with Crippen molar-refractivity contribution in [3.63, 3.8) is 0 Å². The summed E-state index contributed by atoms with van der Waals surface area (Å²) in [5, 5.41) is 4.82. The molecule has 1 N–H and O–H groups in total. The van der Waals surface area contributed by atoms with Crippen LogP contribution in [-0.4, -0.2) is 47.7 Å². The molecule has 1 aliphatic rings. The van der Waals surface area contributed by atoms with Gasteiger partial charge < -0.3 is 24.6 Å². The molecule has 162 valence electrons. The van der Waals surface area contributed by atoms with Crippen molar-refractivity contribution >= 4 is 23.3 Å². The second kappa shape index (κ2) is 9.84. The topological polar surface area (TPSA) is 71.1 Å². The highest BCUT2D eigenvalue weighted by Crippen LogP contribution is 2.33. The van der Waals surface area contributed by atoms with Gasteiger partial charge in [0.2, 0.25) is 12.7 Å². The molecule has 0 radical (unpaired) electrons. The molecule has 2 aromatic rings. The van der Waals surface area contributed by atoms with Gasteiger partial charge in [0.05, 0.1) is 6.54 Å². The van der Waals surface area contributed by atoms with E-state index in [4.69, 9.17) is 9.47 Å². The van der Waals surface area contributed by atoms with Gasteiger partial charge in [-0.15, -0.1) is 11.3 Å². The van der Waals surface area contributed by atoms with E-state index in [1.165, 1.54) is 0 Å². The van der Waals surface area contributed by atoms with Gasteiger partial charge in [-0.1, -0.05) is 6.07 Å². The van der Waals surface area contributed by atoms with E-state index in [2.05, 4.69) is 11.4 Å². The average molecular weight is 432 g/mol. The van der Waals surface area contributed by atoms with Crippen LogP contribution in [0.2, 0.25) is 0 Å². The van der Waals surface area contributed by atoms with Crippen molar-refractivity contribution in [3.8, 4) is 11.5 Å². The zero-order valence-electron chi connectivity index (χ0n) is 17.9. The minimum atomic E-state index is -0.226. The van der Waals surface area contributed by atoms with Gasteiger partial charge in [-0.25, -0.2) is 4.79 Å². The van der Waals surface area contributed by atoms with Gasteiger partial charge in [-0.2, -0.15) is 0 Å². The van der Waals surface area contributed by atoms with Crippen LogP contribution in [0.1, 0.15) is 36.8 Å². The third kappa shape index (κ3) is 5.24. The summed E-state index contributed by atoms with van der Waals surface area (Å²) < 4.78 is 10.9. The number of hydrogen-bond acceptors (Lipinski definition) is 5. The molecule has 3 amide bonds. The van der Waals surface area contributed by atoms with Crippen LogP contribution in [0.3, 0.4) is 0 Å². The smallest absolute Gasteiger partial charge is 0.318 e. The molecular formula is C22H29N3O4S. The zero-order valence-corrected chi connectivity index (χ0v) is 18.8. The first-order valence-corrected chi connectivity index (χ1v) is 11.0. The lowest BCUT2D eigenvalue weighted by Crippen LogP contribution is -2.49. The van der Waals surface area contributed by atoms with E-state index in [1.54, 1.807) is 21.1 Å². The van der Waals surface area contributed by atoms with Crippen LogP contribution in [0.5, 0.6) is 11.5 Å². The fraction of sp³-hybridized carbons (Fsp3) is 0.455. The minimum absolute atomic E-state index is 0.0263. The Hall–Kier alpha value is -2.74. The molecule has 0 aliphatic carbocycles. The summed E-state index contributed by atoms with van der Waals surface area (Å²) in [6.45, 7) is 9.41. The average Bonchev–Trinajstić information content (AvgIpc) is 3.33. The zero-order chi connectivity index (χ0) is 21.7. The van der Waals surface area contributed by atoms with Crippen LogP contribution >= 0.6 is 11.3 Å². The van der Waals surface area contributed by atoms with Gasteiger partial charge in [-0.3, -0.25) is 4.79 Å². The van der Waals surface area contributed by atoms with Crippen LogP contribution < -0.4 is 14.8 Å². The van der Waals surface area contributed by atoms with Crippen molar-refractivity contribution in [1.82, 2.24) is 15.1 Å². The van der Waals surface area contributed by atoms with E-state index in [1.807, 2.05) is 51.3 Å². The number of nitrogens with one attached hydrogen (secondary N) is 1. The van der Waals surface area contributed by atoms with Crippen LogP contribution in [0.25, 0.3) is 0 Å². The molecule has 1 aromatic heterocycles. The maximum atomic E-state index is 13.3. The van der Waals surface area contributed by atoms with E-state index in [-0.39, 0.29) is 31.3 Å². The highest BCUT2D eigenvalue weighted by Gasteiger charge is 2.24. The second-order valence-corrected chi connectivity index (χ2v) is 8.52. The summed E-state index contributed by atoms with van der Waals surface area (Å²) in [5.74, 6) is 1.31. The molecule has 0 saturated carbocycles. The van der Waals surface area contributed by atoms with Gasteiger partial charge in [0.25, 0.3) is 0 Å². The van der Waals surface area contributed by atoms with Crippen molar-refractivity contribution < 1.29 is 19.1 Å². The Labute approximate surface area is 181 Å². The first kappa shape index (κ1) is 22.0. The molecule has 8 heteroatoms. The number of thiophene rings is 1. The van der Waals surface area contributed by atoms with Gasteiger partial charge in [0, 0.05) is 24.0 Å². The number of nitrogens with zero attached hydrogens (tertiary/aromatic N) is 2. The minimum Gasteiger partial charge on any atom is -0.454 e. The highest BCUT2D eigenvalue weighted by molar-refractivity contribution is 7.10. The molecule has 30 heavy (non-hydrogen) atoms. The van der Waals surface area contributed by atoms with E-state index in [0.717, 1.165) is 16.0 Å². The first-order valence-electron chi connectivity index (χ1n) is 10.1. The standard InChI is InChI=1S/C22H29N3O4S/c1-5-23-22(27)25(15(2)3)13-21(26)24(12-20-16(4)8-9-30-20)11-17-6-7-18-19(10-17)29-14-28-18/h6-10,15H,5,11-14H2,1-4H3,(H,23,27). The lowest BCUT2D eigenvalue weighted by atomic mass is 10.1. The largest absolute Gasteiger partial charge is 0.454 e. The van der Waals surface area contributed by atoms with Crippen molar-refractivity contribution in [1.29, 1.82) is 0 Å². The monoisotopic (exact) mass is 431 g/mol. The number of benzene rings is 1. The van der Waals surface area contributed by atoms with E-state index >= 15 is 0 Å². The number of ether oxygens (including phenoxy) is 2. The van der Waals surface area contributed by atoms with Crippen LogP contribution in [0, 0.1) is 6.92 Å². The van der Waals surface area contributed by atoms with E-state index < -0.39 is 0 Å². The van der Waals surface area contributed by atoms with Gasteiger partial charge in [-0.05, 0) is 62.4 Å². The predicted octanol–water partition coefficient (Wildman–Crippen LogP) is 3.75. The summed E-state index contributed by atoms with van der Waals surface area (Å²) in [6.07, 6.45) is 0. The quantitative estimate of drug-likeness (QED) is 0.691. The molecular weight excluding hydrogens is 402 g/mol. The molecule has 1 aliphatic heterocycles. The maximum absolute atomic E-state index is 13.3. The molecule has 0 bridgehead atoms. The first-order chi connectivity index (χ1) is 14.4. The Morgan fingerprint density at radius 3 is 2.60 bits per heavy atom. The Morgan fingerprint density at radius 1 is 1.17 bits per heavy atom. The lowest BCUT2D eigenvalue weighted by molar-refractivity contribution is -0.133. The van der Waals surface area contributed by atoms with Gasteiger partial charge >= 0.3 is 6.03 Å². The summed E-state index contributed by atoms with van der Waals surface area (Å²) in [5.41, 5.74) is 2.11. The van der Waals surface area contributed by atoms with Crippen LogP contribution in [0.4, 0.5) is 4.79 Å². The Kier molecular flexibility index (Phi) is 7.20. The number of carbonyl (C=O) groups is 2. The number of hydrogen-bond donors (Lipinski definition) is 1. The molecule has 2 heterocycles. The molecule has 0 atom stereocenters. The SMILES string of the molecule is CCNC(=O)N(CC(=O)N(Cc1ccc2c(c1)OCO2)Cc1sccc1C)C(C)C. The number of carbonyl (C=O) groups excluding carboxylic acids is 2. The number of aryl methyl sites for hydroxylation is 1. The maximum Gasteiger partial charge on any atom is 0.318 e. The number of rotatable bonds is 8. The van der Waals surface area contributed by atoms with Crippen LogP contribution in [-0.2, 0) is 17.9 Å². The summed E-state index contributed by atoms with van der Waals surface area (Å²) in [4.78, 5) is 30.2. The number of fused-ring (bicyclic) bond motifs is 1. The highest BCUT2D eigenvalue weighted by atomic mass is 32.1. The number of amides is 3. The summed E-state index contributed by atoms with van der Waals surface area (Å²) in [7, 11) is 0. The normalized spacial score (nSPS) is 12.2. The van der Waals surface area contributed by atoms with Gasteiger partial charge in [0.1, 0.15) is 6.54 Å². The molecule has 7 nitrogen and oxygen atoms in total. The molecule has 0 fully saturated rings. The Balaban J connectivity index is 1.80. The molecule has 1 aromatic carbocycles. The van der Waals surface area contributed by atoms with Crippen molar-refractivity contribution in [2.24, 2.45) is 0 Å².